The van der Waals surface area contributed by atoms with E-state index in [1.807, 2.05) is 0 Å². The molecular formula is C56H100O9. The third kappa shape index (κ3) is 37.5. The van der Waals surface area contributed by atoms with Crippen LogP contribution in [0.1, 0.15) is 226 Å². The van der Waals surface area contributed by atoms with Gasteiger partial charge in [-0.15, -0.1) is 0 Å². The molecule has 6 atom stereocenters. The van der Waals surface area contributed by atoms with Gasteiger partial charge in [0.05, 0.1) is 19.8 Å². The number of hydrogen-bond acceptors (Lipinski definition) is 9. The molecule has 1 rings (SSSR count). The smallest absolute Gasteiger partial charge is 0.306 e. The lowest BCUT2D eigenvalue weighted by Crippen LogP contribution is -2.59. The van der Waals surface area contributed by atoms with Crippen molar-refractivity contribution < 1.29 is 44.2 Å². The zero-order chi connectivity index (χ0) is 47.1. The predicted octanol–water partition coefficient (Wildman–Crippen LogP) is 13.4. The van der Waals surface area contributed by atoms with Crippen LogP contribution in [-0.4, -0.2) is 89.6 Å². The van der Waals surface area contributed by atoms with E-state index >= 15 is 0 Å². The van der Waals surface area contributed by atoms with Crippen LogP contribution in [0.15, 0.2) is 60.8 Å². The van der Waals surface area contributed by atoms with Gasteiger partial charge in [0.15, 0.2) is 6.29 Å². The van der Waals surface area contributed by atoms with Gasteiger partial charge in [0.1, 0.15) is 30.5 Å². The lowest BCUT2D eigenvalue weighted by Gasteiger charge is -2.39. The first-order valence-corrected chi connectivity index (χ1v) is 26.9. The molecular weight excluding hydrogens is 817 g/mol. The van der Waals surface area contributed by atoms with E-state index in [0.717, 1.165) is 64.2 Å². The summed E-state index contributed by atoms with van der Waals surface area (Å²) in [6.07, 6.45) is 53.9. The summed E-state index contributed by atoms with van der Waals surface area (Å²) < 4.78 is 22.9. The fourth-order valence-corrected chi connectivity index (χ4v) is 7.94. The van der Waals surface area contributed by atoms with Crippen molar-refractivity contribution in [2.24, 2.45) is 0 Å². The van der Waals surface area contributed by atoms with Crippen LogP contribution in [-0.2, 0) is 23.7 Å². The fourth-order valence-electron chi connectivity index (χ4n) is 7.94. The van der Waals surface area contributed by atoms with Crippen molar-refractivity contribution in [3.05, 3.63) is 60.8 Å². The number of allylic oxidation sites excluding steroid dienone is 10. The number of carbonyl (C=O) groups is 1. The van der Waals surface area contributed by atoms with E-state index in [-0.39, 0.29) is 19.2 Å². The van der Waals surface area contributed by atoms with E-state index in [4.69, 9.17) is 18.9 Å². The number of aliphatic hydroxyl groups excluding tert-OH is 4. The summed E-state index contributed by atoms with van der Waals surface area (Å²) in [6.45, 7) is 4.52. The van der Waals surface area contributed by atoms with Crippen molar-refractivity contribution in [3.8, 4) is 0 Å². The molecule has 65 heavy (non-hydrogen) atoms. The summed E-state index contributed by atoms with van der Waals surface area (Å²) in [5.74, 6) is -0.321. The molecule has 0 aromatic carbocycles. The molecule has 0 aromatic rings. The third-order valence-corrected chi connectivity index (χ3v) is 12.2. The summed E-state index contributed by atoms with van der Waals surface area (Å²) in [6, 6.07) is 0. The Labute approximate surface area is 398 Å². The minimum atomic E-state index is -1.54. The molecule has 378 valence electrons. The third-order valence-electron chi connectivity index (χ3n) is 12.2. The van der Waals surface area contributed by atoms with E-state index < -0.39 is 43.4 Å². The van der Waals surface area contributed by atoms with Crippen LogP contribution < -0.4 is 0 Å². The number of rotatable bonds is 46. The Kier molecular flexibility index (Phi) is 44.0. The Bertz CT molecular complexity index is 1180. The van der Waals surface area contributed by atoms with Gasteiger partial charge in [0.2, 0.25) is 0 Å². The largest absolute Gasteiger partial charge is 0.457 e. The van der Waals surface area contributed by atoms with Crippen LogP contribution >= 0.6 is 0 Å². The molecule has 1 fully saturated rings. The van der Waals surface area contributed by atoms with Crippen LogP contribution in [0.25, 0.3) is 0 Å². The highest BCUT2D eigenvalue weighted by atomic mass is 16.7. The molecule has 1 aliphatic rings. The second-order valence-corrected chi connectivity index (χ2v) is 18.3. The van der Waals surface area contributed by atoms with Crippen molar-refractivity contribution in [3.63, 3.8) is 0 Å². The predicted molar refractivity (Wildman–Crippen MR) is 270 cm³/mol. The maximum atomic E-state index is 12.9. The minimum absolute atomic E-state index is 0.121. The van der Waals surface area contributed by atoms with Gasteiger partial charge in [-0.25, -0.2) is 0 Å². The molecule has 1 aliphatic heterocycles. The SMILES string of the molecule is CCCCCC/C=C\C/C=C\CCCCCCCCOCC(COC1OC(CO)C(O)C(O)C1O)OC(=O)CCCCCCCCCCCC/C=C\C/C=C\C/C=C\CCCCCCC. The Balaban J connectivity index is 2.19. The van der Waals surface area contributed by atoms with Gasteiger partial charge in [-0.05, 0) is 83.5 Å². The number of aliphatic hydroxyl groups is 4. The Morgan fingerprint density at radius 1 is 0.492 bits per heavy atom. The standard InChI is InChI=1S/C56H100O9/c1-3-5-7-9-11-13-15-17-19-21-22-23-24-25-26-27-28-29-31-33-35-37-39-41-43-45-52(58)64-50(49-63-56-55(61)54(60)53(59)51(47-57)65-56)48-62-46-44-42-40-38-36-34-32-30-20-18-16-14-12-10-8-6-4-2/h14-17,20-22,24-25,30,50-51,53-57,59-61H,3-13,18-19,23,26-29,31-49H2,1-2H3/b16-14-,17-15-,22-21-,25-24-,30-20-. The molecule has 1 heterocycles. The van der Waals surface area contributed by atoms with Gasteiger partial charge in [-0.2, -0.15) is 0 Å². The Morgan fingerprint density at radius 3 is 1.35 bits per heavy atom. The zero-order valence-corrected chi connectivity index (χ0v) is 41.7. The number of unbranched alkanes of at least 4 members (excludes halogenated alkanes) is 25. The topological polar surface area (TPSA) is 135 Å². The normalized spacial score (nSPS) is 19.9. The molecule has 1 saturated heterocycles. The number of esters is 1. The second-order valence-electron chi connectivity index (χ2n) is 18.3. The van der Waals surface area contributed by atoms with Gasteiger partial charge < -0.3 is 39.4 Å². The molecule has 0 aliphatic carbocycles. The fraction of sp³-hybridized carbons (Fsp3) is 0.804. The lowest BCUT2D eigenvalue weighted by molar-refractivity contribution is -0.305. The first-order valence-electron chi connectivity index (χ1n) is 26.9. The number of hydrogen-bond donors (Lipinski definition) is 4. The van der Waals surface area contributed by atoms with Crippen molar-refractivity contribution in [2.75, 3.05) is 26.4 Å². The molecule has 0 saturated carbocycles. The van der Waals surface area contributed by atoms with Crippen molar-refractivity contribution in [1.82, 2.24) is 0 Å². The van der Waals surface area contributed by atoms with E-state index in [1.54, 1.807) is 0 Å². The quantitative estimate of drug-likeness (QED) is 0.0267. The Hall–Kier alpha value is -2.11. The van der Waals surface area contributed by atoms with Crippen LogP contribution in [0.4, 0.5) is 0 Å². The summed E-state index contributed by atoms with van der Waals surface area (Å²) in [7, 11) is 0. The van der Waals surface area contributed by atoms with Crippen LogP contribution in [0.2, 0.25) is 0 Å². The van der Waals surface area contributed by atoms with Crippen molar-refractivity contribution >= 4 is 5.97 Å². The molecule has 4 N–H and O–H groups in total. The van der Waals surface area contributed by atoms with E-state index in [1.165, 1.54) is 141 Å². The van der Waals surface area contributed by atoms with Gasteiger partial charge in [0.25, 0.3) is 0 Å². The molecule has 9 heteroatoms. The zero-order valence-electron chi connectivity index (χ0n) is 41.7. The Morgan fingerprint density at radius 2 is 0.892 bits per heavy atom. The minimum Gasteiger partial charge on any atom is -0.457 e. The summed E-state index contributed by atoms with van der Waals surface area (Å²) >= 11 is 0. The van der Waals surface area contributed by atoms with Gasteiger partial charge in [0, 0.05) is 13.0 Å². The van der Waals surface area contributed by atoms with Gasteiger partial charge in [-0.1, -0.05) is 197 Å². The van der Waals surface area contributed by atoms with Crippen LogP contribution in [0, 0.1) is 0 Å². The second kappa shape index (κ2) is 47.0. The highest BCUT2D eigenvalue weighted by Crippen LogP contribution is 2.23. The van der Waals surface area contributed by atoms with Crippen molar-refractivity contribution in [1.29, 1.82) is 0 Å². The first kappa shape index (κ1) is 60.9. The van der Waals surface area contributed by atoms with E-state index in [0.29, 0.717) is 13.0 Å². The molecule has 9 nitrogen and oxygen atoms in total. The monoisotopic (exact) mass is 917 g/mol. The highest BCUT2D eigenvalue weighted by molar-refractivity contribution is 5.69. The lowest BCUT2D eigenvalue weighted by atomic mass is 9.99. The van der Waals surface area contributed by atoms with E-state index in [9.17, 15) is 25.2 Å². The van der Waals surface area contributed by atoms with Crippen molar-refractivity contribution in [2.45, 2.75) is 263 Å². The first-order chi connectivity index (χ1) is 31.9. The summed E-state index contributed by atoms with van der Waals surface area (Å²) in [5, 5.41) is 40.3. The van der Waals surface area contributed by atoms with Gasteiger partial charge in [-0.3, -0.25) is 4.79 Å². The van der Waals surface area contributed by atoms with Gasteiger partial charge >= 0.3 is 5.97 Å². The summed E-state index contributed by atoms with van der Waals surface area (Å²) in [5.41, 5.74) is 0. The molecule has 0 spiro atoms. The highest BCUT2D eigenvalue weighted by Gasteiger charge is 2.44. The molecule has 0 bridgehead atoms. The molecule has 0 amide bonds. The number of carbonyl (C=O) groups excluding carboxylic acids is 1. The summed E-state index contributed by atoms with van der Waals surface area (Å²) in [4.78, 5) is 12.9. The maximum absolute atomic E-state index is 12.9. The average molecular weight is 917 g/mol. The van der Waals surface area contributed by atoms with Crippen LogP contribution in [0.3, 0.4) is 0 Å². The molecule has 6 unspecified atom stereocenters. The van der Waals surface area contributed by atoms with E-state index in [2.05, 4.69) is 74.6 Å². The molecule has 0 radical (unpaired) electrons. The molecule has 0 aromatic heterocycles. The number of ether oxygens (including phenoxy) is 4. The van der Waals surface area contributed by atoms with Crippen LogP contribution in [0.5, 0.6) is 0 Å². The average Bonchev–Trinajstić information content (AvgIpc) is 3.31. The maximum Gasteiger partial charge on any atom is 0.306 e.